The molecule has 0 spiro atoms. The fourth-order valence-corrected chi connectivity index (χ4v) is 4.76. The summed E-state index contributed by atoms with van der Waals surface area (Å²) >= 11 is 0. The molecule has 0 aromatic heterocycles. The Morgan fingerprint density at radius 2 is 1.52 bits per heavy atom. The lowest BCUT2D eigenvalue weighted by Crippen LogP contribution is -2.54. The zero-order valence-electron chi connectivity index (χ0n) is 21.3. The van der Waals surface area contributed by atoms with Gasteiger partial charge in [-0.15, -0.1) is 0 Å². The Morgan fingerprint density at radius 1 is 0.925 bits per heavy atom. The maximum Gasteiger partial charge on any atom is 0.416 e. The van der Waals surface area contributed by atoms with E-state index in [0.29, 0.717) is 18.9 Å². The monoisotopic (exact) mass is 583 g/mol. The number of hydrogen-bond acceptors (Lipinski definition) is 6. The molecule has 2 aromatic carbocycles. The van der Waals surface area contributed by atoms with Crippen molar-refractivity contribution in [2.45, 2.75) is 55.8 Å². The van der Waals surface area contributed by atoms with E-state index in [1.54, 1.807) is 0 Å². The normalized spacial score (nSPS) is 17.4. The molecular formula is C25H28F3N5O6S. The van der Waals surface area contributed by atoms with Crippen molar-refractivity contribution in [2.75, 3.05) is 11.9 Å². The van der Waals surface area contributed by atoms with Crippen LogP contribution in [-0.4, -0.2) is 50.7 Å². The van der Waals surface area contributed by atoms with Crippen LogP contribution in [0.2, 0.25) is 0 Å². The van der Waals surface area contributed by atoms with Crippen LogP contribution < -0.4 is 26.4 Å². The summed E-state index contributed by atoms with van der Waals surface area (Å²) in [5, 5.41) is 15.2. The lowest BCUT2D eigenvalue weighted by molar-refractivity contribution is -0.137. The van der Waals surface area contributed by atoms with Gasteiger partial charge < -0.3 is 21.3 Å². The summed E-state index contributed by atoms with van der Waals surface area (Å²) in [6.45, 7) is 0.562. The van der Waals surface area contributed by atoms with Crippen LogP contribution in [0, 0.1) is 0 Å². The number of nitrogens with two attached hydrogens (primary N) is 1. The predicted octanol–water partition coefficient (Wildman–Crippen LogP) is 1.90. The molecule has 0 unspecified atom stereocenters. The van der Waals surface area contributed by atoms with Gasteiger partial charge in [0.05, 0.1) is 28.3 Å². The molecule has 0 aliphatic heterocycles. The summed E-state index contributed by atoms with van der Waals surface area (Å²) in [4.78, 5) is 49.3. The van der Waals surface area contributed by atoms with E-state index in [4.69, 9.17) is 5.14 Å². The van der Waals surface area contributed by atoms with Gasteiger partial charge in [0.1, 0.15) is 0 Å². The molecular weight excluding hydrogens is 555 g/mol. The Kier molecular flexibility index (Phi) is 9.52. The topological polar surface area (TPSA) is 177 Å². The Balaban J connectivity index is 1.63. The van der Waals surface area contributed by atoms with Crippen LogP contribution in [0.3, 0.4) is 0 Å². The van der Waals surface area contributed by atoms with Gasteiger partial charge in [-0.05, 0) is 55.3 Å². The molecule has 0 bridgehead atoms. The van der Waals surface area contributed by atoms with Gasteiger partial charge in [0.15, 0.2) is 0 Å². The molecule has 0 heterocycles. The molecule has 2 atom stereocenters. The number of rotatable bonds is 8. The third-order valence-electron chi connectivity index (χ3n) is 6.19. The van der Waals surface area contributed by atoms with E-state index in [1.165, 1.54) is 24.3 Å². The molecule has 4 amide bonds. The summed E-state index contributed by atoms with van der Waals surface area (Å²) in [7, 11) is -3.92. The Hall–Kier alpha value is -3.98. The van der Waals surface area contributed by atoms with Crippen LogP contribution in [0.25, 0.3) is 0 Å². The molecule has 11 nitrogen and oxygen atoms in total. The minimum atomic E-state index is -4.73. The van der Waals surface area contributed by atoms with Crippen molar-refractivity contribution < 1.29 is 40.8 Å². The lowest BCUT2D eigenvalue weighted by atomic mass is 9.90. The van der Waals surface area contributed by atoms with Crippen LogP contribution in [-0.2, 0) is 25.8 Å². The second-order valence-electron chi connectivity index (χ2n) is 9.23. The third-order valence-corrected chi connectivity index (χ3v) is 7.11. The van der Waals surface area contributed by atoms with E-state index in [0.717, 1.165) is 31.9 Å². The summed E-state index contributed by atoms with van der Waals surface area (Å²) in [5.41, 5.74) is -1.53. The standard InChI is InChI=1S/C25H28F3N5O6S/c1-14(34)31-19-11-8-16(25(26,27)28)12-18(19)24(37)30-13-22(35)32-20-4-2-3-5-21(20)33-23(36)15-6-9-17(10-7-15)40(29,38)39/h6-12,20-21H,2-5,13H2,1H3,(H,30,37)(H,31,34)(H,32,35)(H,33,36)(H2,29,38,39)/t20-,21+/m1/s1. The number of benzene rings is 2. The Labute approximate surface area is 228 Å². The van der Waals surface area contributed by atoms with Crippen molar-refractivity contribution in [3.05, 3.63) is 59.2 Å². The van der Waals surface area contributed by atoms with E-state index < -0.39 is 69.6 Å². The number of amides is 4. The number of nitrogens with one attached hydrogen (secondary N) is 4. The molecule has 2 aromatic rings. The fourth-order valence-electron chi connectivity index (χ4n) is 4.24. The minimum Gasteiger partial charge on any atom is -0.350 e. The molecule has 1 aliphatic rings. The smallest absolute Gasteiger partial charge is 0.350 e. The molecule has 15 heteroatoms. The first-order valence-corrected chi connectivity index (χ1v) is 13.7. The van der Waals surface area contributed by atoms with Gasteiger partial charge in [-0.3, -0.25) is 19.2 Å². The average molecular weight is 584 g/mol. The van der Waals surface area contributed by atoms with Gasteiger partial charge in [-0.2, -0.15) is 13.2 Å². The van der Waals surface area contributed by atoms with Gasteiger partial charge in [0, 0.05) is 24.6 Å². The van der Waals surface area contributed by atoms with Crippen LogP contribution in [0.4, 0.5) is 18.9 Å². The molecule has 3 rings (SSSR count). The van der Waals surface area contributed by atoms with E-state index in [1.807, 2.05) is 0 Å². The third kappa shape index (κ3) is 8.26. The Bertz CT molecular complexity index is 1400. The first kappa shape index (κ1) is 30.6. The van der Waals surface area contributed by atoms with Gasteiger partial charge in [0.2, 0.25) is 21.8 Å². The highest BCUT2D eigenvalue weighted by Gasteiger charge is 2.32. The SMILES string of the molecule is CC(=O)Nc1ccc(C(F)(F)F)cc1C(=O)NCC(=O)N[C@@H]1CCCC[C@@H]1NC(=O)c1ccc(S(N)(=O)=O)cc1. The first-order chi connectivity index (χ1) is 18.6. The summed E-state index contributed by atoms with van der Waals surface area (Å²) < 4.78 is 62.3. The van der Waals surface area contributed by atoms with E-state index in [-0.39, 0.29) is 16.1 Å². The predicted molar refractivity (Wildman–Crippen MR) is 138 cm³/mol. The number of sulfonamides is 1. The van der Waals surface area contributed by atoms with E-state index in [9.17, 15) is 40.8 Å². The number of carbonyl (C=O) groups excluding carboxylic acids is 4. The number of primary sulfonamides is 1. The van der Waals surface area contributed by atoms with Crippen molar-refractivity contribution in [1.82, 2.24) is 16.0 Å². The number of halogens is 3. The molecule has 1 fully saturated rings. The van der Waals surface area contributed by atoms with Crippen molar-refractivity contribution in [2.24, 2.45) is 5.14 Å². The highest BCUT2D eigenvalue weighted by molar-refractivity contribution is 7.89. The highest BCUT2D eigenvalue weighted by atomic mass is 32.2. The highest BCUT2D eigenvalue weighted by Crippen LogP contribution is 2.32. The Morgan fingerprint density at radius 3 is 2.08 bits per heavy atom. The number of alkyl halides is 3. The van der Waals surface area contributed by atoms with E-state index in [2.05, 4.69) is 21.3 Å². The molecule has 0 saturated heterocycles. The summed E-state index contributed by atoms with van der Waals surface area (Å²) in [6.07, 6.45) is -2.12. The largest absolute Gasteiger partial charge is 0.416 e. The van der Waals surface area contributed by atoms with Crippen LogP contribution in [0.5, 0.6) is 0 Å². The van der Waals surface area contributed by atoms with Crippen molar-refractivity contribution in [1.29, 1.82) is 0 Å². The molecule has 0 radical (unpaired) electrons. The summed E-state index contributed by atoms with van der Waals surface area (Å²) in [5.74, 6) is -2.72. The molecule has 6 N–H and O–H groups in total. The first-order valence-electron chi connectivity index (χ1n) is 12.2. The van der Waals surface area contributed by atoms with Crippen LogP contribution >= 0.6 is 0 Å². The quantitative estimate of drug-likeness (QED) is 0.317. The second kappa shape index (κ2) is 12.5. The zero-order chi connectivity index (χ0) is 29.7. The van der Waals surface area contributed by atoms with Crippen molar-refractivity contribution in [3.8, 4) is 0 Å². The number of anilines is 1. The van der Waals surface area contributed by atoms with Crippen LogP contribution in [0.1, 0.15) is 58.9 Å². The molecule has 1 aliphatic carbocycles. The molecule has 40 heavy (non-hydrogen) atoms. The van der Waals surface area contributed by atoms with Gasteiger partial charge in [-0.25, -0.2) is 13.6 Å². The number of hydrogen-bond donors (Lipinski definition) is 5. The maximum absolute atomic E-state index is 13.2. The van der Waals surface area contributed by atoms with Gasteiger partial charge in [0.25, 0.3) is 11.8 Å². The number of carbonyl (C=O) groups is 4. The van der Waals surface area contributed by atoms with Gasteiger partial charge in [-0.1, -0.05) is 12.8 Å². The lowest BCUT2D eigenvalue weighted by Gasteiger charge is -2.33. The molecule has 1 saturated carbocycles. The molecule has 216 valence electrons. The van der Waals surface area contributed by atoms with E-state index >= 15 is 0 Å². The summed E-state index contributed by atoms with van der Waals surface area (Å²) in [6, 6.07) is 6.33. The minimum absolute atomic E-state index is 0.148. The average Bonchev–Trinajstić information content (AvgIpc) is 2.87. The van der Waals surface area contributed by atoms with Crippen LogP contribution in [0.15, 0.2) is 47.4 Å². The van der Waals surface area contributed by atoms with Crippen molar-refractivity contribution >= 4 is 39.3 Å². The maximum atomic E-state index is 13.2. The zero-order valence-corrected chi connectivity index (χ0v) is 22.1. The fraction of sp³-hybridized carbons (Fsp3) is 0.360. The second-order valence-corrected chi connectivity index (χ2v) is 10.8. The van der Waals surface area contributed by atoms with Crippen molar-refractivity contribution in [3.63, 3.8) is 0 Å². The van der Waals surface area contributed by atoms with Gasteiger partial charge >= 0.3 is 6.18 Å².